The highest BCUT2D eigenvalue weighted by molar-refractivity contribution is 5.91. The fourth-order valence-electron chi connectivity index (χ4n) is 4.21. The molecule has 1 saturated heterocycles. The zero-order valence-corrected chi connectivity index (χ0v) is 13.0. The highest BCUT2D eigenvalue weighted by atomic mass is 16.5. The Bertz CT molecular complexity index is 521. The summed E-state index contributed by atoms with van der Waals surface area (Å²) in [7, 11) is 1.56. The molecule has 1 amide bonds. The van der Waals surface area contributed by atoms with Crippen LogP contribution in [0, 0.1) is 11.3 Å². The van der Waals surface area contributed by atoms with Gasteiger partial charge in [-0.2, -0.15) is 0 Å². The van der Waals surface area contributed by atoms with E-state index in [0.29, 0.717) is 23.1 Å². The molecule has 114 valence electrons. The molecule has 0 bridgehead atoms. The van der Waals surface area contributed by atoms with Gasteiger partial charge in [0.15, 0.2) is 5.75 Å². The Morgan fingerprint density at radius 2 is 1.95 bits per heavy atom. The first-order chi connectivity index (χ1) is 10.1. The van der Waals surface area contributed by atoms with Crippen molar-refractivity contribution in [1.29, 1.82) is 0 Å². The molecule has 1 aliphatic heterocycles. The molecule has 0 radical (unpaired) electrons. The molecule has 3 rings (SSSR count). The second-order valence-corrected chi connectivity index (χ2v) is 6.64. The SMILES string of the molecule is COc1cnc(C(=O)N2CC3(CCCC3)C2C(C)C)nc1. The molecule has 1 unspecified atom stereocenters. The molecule has 1 spiro atoms. The minimum Gasteiger partial charge on any atom is -0.494 e. The zero-order valence-electron chi connectivity index (χ0n) is 13.0. The first kappa shape index (κ1) is 14.3. The van der Waals surface area contributed by atoms with Gasteiger partial charge < -0.3 is 9.64 Å². The van der Waals surface area contributed by atoms with Crippen LogP contribution in [0.5, 0.6) is 5.75 Å². The third-order valence-corrected chi connectivity index (χ3v) is 5.00. The van der Waals surface area contributed by atoms with Crippen molar-refractivity contribution in [2.75, 3.05) is 13.7 Å². The monoisotopic (exact) mass is 289 g/mol. The van der Waals surface area contributed by atoms with Crippen LogP contribution >= 0.6 is 0 Å². The molecule has 1 aromatic rings. The smallest absolute Gasteiger partial charge is 0.291 e. The Morgan fingerprint density at radius 3 is 2.48 bits per heavy atom. The summed E-state index contributed by atoms with van der Waals surface area (Å²) >= 11 is 0. The standard InChI is InChI=1S/C16H23N3O2/c1-11(2)13-16(6-4-5-7-16)10-19(13)15(20)14-17-8-12(21-3)9-18-14/h8-9,11,13H,4-7,10H2,1-3H3. The van der Waals surface area contributed by atoms with Crippen molar-refractivity contribution in [2.45, 2.75) is 45.6 Å². The summed E-state index contributed by atoms with van der Waals surface area (Å²) in [4.78, 5) is 22.9. The molecule has 2 fully saturated rings. The maximum absolute atomic E-state index is 12.6. The first-order valence-corrected chi connectivity index (χ1v) is 7.74. The molecule has 5 heteroatoms. The predicted octanol–water partition coefficient (Wildman–Crippen LogP) is 2.53. The largest absolute Gasteiger partial charge is 0.494 e. The van der Waals surface area contributed by atoms with Gasteiger partial charge in [-0.25, -0.2) is 9.97 Å². The van der Waals surface area contributed by atoms with Crippen molar-refractivity contribution in [3.05, 3.63) is 18.2 Å². The van der Waals surface area contributed by atoms with E-state index < -0.39 is 0 Å². The van der Waals surface area contributed by atoms with Gasteiger partial charge in [-0.1, -0.05) is 26.7 Å². The van der Waals surface area contributed by atoms with Crippen molar-refractivity contribution < 1.29 is 9.53 Å². The first-order valence-electron chi connectivity index (χ1n) is 7.74. The van der Waals surface area contributed by atoms with Gasteiger partial charge in [0.05, 0.1) is 19.5 Å². The fourth-order valence-corrected chi connectivity index (χ4v) is 4.21. The molecule has 1 aliphatic carbocycles. The topological polar surface area (TPSA) is 55.3 Å². The van der Waals surface area contributed by atoms with Crippen LogP contribution in [0.15, 0.2) is 12.4 Å². The molecular formula is C16H23N3O2. The second-order valence-electron chi connectivity index (χ2n) is 6.64. The van der Waals surface area contributed by atoms with E-state index >= 15 is 0 Å². The number of ether oxygens (including phenoxy) is 1. The quantitative estimate of drug-likeness (QED) is 0.858. The summed E-state index contributed by atoms with van der Waals surface area (Å²) in [6.45, 7) is 5.28. The number of carbonyl (C=O) groups excluding carboxylic acids is 1. The Morgan fingerprint density at radius 1 is 1.33 bits per heavy atom. The highest BCUT2D eigenvalue weighted by Crippen LogP contribution is 2.53. The molecule has 1 aromatic heterocycles. The van der Waals surface area contributed by atoms with E-state index in [1.165, 1.54) is 25.7 Å². The molecule has 21 heavy (non-hydrogen) atoms. The van der Waals surface area contributed by atoms with Crippen LogP contribution in [-0.4, -0.2) is 40.5 Å². The lowest BCUT2D eigenvalue weighted by Gasteiger charge is -2.58. The molecule has 5 nitrogen and oxygen atoms in total. The summed E-state index contributed by atoms with van der Waals surface area (Å²) in [5, 5.41) is 0. The van der Waals surface area contributed by atoms with Crippen LogP contribution in [-0.2, 0) is 0 Å². The lowest BCUT2D eigenvalue weighted by atomic mass is 9.66. The van der Waals surface area contributed by atoms with Crippen LogP contribution in [0.3, 0.4) is 0 Å². The van der Waals surface area contributed by atoms with Crippen molar-refractivity contribution in [3.63, 3.8) is 0 Å². The minimum atomic E-state index is -0.0473. The van der Waals surface area contributed by atoms with Crippen molar-refractivity contribution >= 4 is 5.91 Å². The predicted molar refractivity (Wildman–Crippen MR) is 79.1 cm³/mol. The van der Waals surface area contributed by atoms with Gasteiger partial charge in [0, 0.05) is 18.0 Å². The normalized spacial score (nSPS) is 23.4. The third-order valence-electron chi connectivity index (χ3n) is 5.00. The molecule has 0 aromatic carbocycles. The van der Waals surface area contributed by atoms with Gasteiger partial charge in [-0.05, 0) is 18.8 Å². The van der Waals surface area contributed by atoms with E-state index in [9.17, 15) is 4.79 Å². The Balaban J connectivity index is 1.78. The maximum atomic E-state index is 12.6. The zero-order chi connectivity index (χ0) is 15.0. The summed E-state index contributed by atoms with van der Waals surface area (Å²) in [6, 6.07) is 0.332. The van der Waals surface area contributed by atoms with Gasteiger partial charge in [0.25, 0.3) is 5.91 Å². The van der Waals surface area contributed by atoms with E-state index in [0.717, 1.165) is 6.54 Å². The highest BCUT2D eigenvalue weighted by Gasteiger charge is 2.56. The van der Waals surface area contributed by atoms with E-state index in [1.54, 1.807) is 19.5 Å². The molecule has 1 saturated carbocycles. The number of nitrogens with zero attached hydrogens (tertiary/aromatic N) is 3. The van der Waals surface area contributed by atoms with Gasteiger partial charge >= 0.3 is 0 Å². The molecule has 2 heterocycles. The fraction of sp³-hybridized carbons (Fsp3) is 0.688. The Labute approximate surface area is 125 Å². The summed E-state index contributed by atoms with van der Waals surface area (Å²) in [5.41, 5.74) is 0.357. The molecular weight excluding hydrogens is 266 g/mol. The number of amides is 1. The average molecular weight is 289 g/mol. The van der Waals surface area contributed by atoms with Gasteiger partial charge in [-0.15, -0.1) is 0 Å². The van der Waals surface area contributed by atoms with Gasteiger partial charge in [0.1, 0.15) is 0 Å². The van der Waals surface area contributed by atoms with Crippen LogP contribution in [0.2, 0.25) is 0 Å². The van der Waals surface area contributed by atoms with Crippen LogP contribution in [0.25, 0.3) is 0 Å². The molecule has 0 N–H and O–H groups in total. The Hall–Kier alpha value is -1.65. The summed E-state index contributed by atoms with van der Waals surface area (Å²) < 4.78 is 5.04. The van der Waals surface area contributed by atoms with E-state index in [-0.39, 0.29) is 11.7 Å². The van der Waals surface area contributed by atoms with Crippen molar-refractivity contribution in [2.24, 2.45) is 11.3 Å². The van der Waals surface area contributed by atoms with Gasteiger partial charge in [0.2, 0.25) is 5.82 Å². The number of likely N-dealkylation sites (tertiary alicyclic amines) is 1. The number of aromatic nitrogens is 2. The van der Waals surface area contributed by atoms with Gasteiger partial charge in [-0.3, -0.25) is 4.79 Å². The lowest BCUT2D eigenvalue weighted by molar-refractivity contribution is -0.0707. The van der Waals surface area contributed by atoms with Crippen LogP contribution in [0.1, 0.15) is 50.1 Å². The number of hydrogen-bond donors (Lipinski definition) is 0. The van der Waals surface area contributed by atoms with E-state index in [2.05, 4.69) is 23.8 Å². The number of carbonyl (C=O) groups is 1. The number of hydrogen-bond acceptors (Lipinski definition) is 4. The third kappa shape index (κ3) is 2.28. The second kappa shape index (κ2) is 5.28. The number of rotatable bonds is 3. The lowest BCUT2D eigenvalue weighted by Crippen LogP contribution is -2.67. The Kier molecular flexibility index (Phi) is 3.59. The van der Waals surface area contributed by atoms with Crippen molar-refractivity contribution in [3.8, 4) is 5.75 Å². The minimum absolute atomic E-state index is 0.0473. The molecule has 2 aliphatic rings. The van der Waals surface area contributed by atoms with Crippen molar-refractivity contribution in [1.82, 2.24) is 14.9 Å². The van der Waals surface area contributed by atoms with E-state index in [1.807, 2.05) is 4.90 Å². The van der Waals surface area contributed by atoms with E-state index in [4.69, 9.17) is 4.74 Å². The number of methoxy groups -OCH3 is 1. The molecule has 1 atom stereocenters. The van der Waals surface area contributed by atoms with Crippen LogP contribution in [0.4, 0.5) is 0 Å². The summed E-state index contributed by atoms with van der Waals surface area (Å²) in [5.74, 6) is 1.27. The maximum Gasteiger partial charge on any atom is 0.291 e. The summed E-state index contributed by atoms with van der Waals surface area (Å²) in [6.07, 6.45) is 8.20. The van der Waals surface area contributed by atoms with Crippen LogP contribution < -0.4 is 4.74 Å². The average Bonchev–Trinajstić information content (AvgIpc) is 2.95.